The van der Waals surface area contributed by atoms with Gasteiger partial charge >= 0.3 is 0 Å². The maximum absolute atomic E-state index is 12.7. The maximum atomic E-state index is 12.7. The summed E-state index contributed by atoms with van der Waals surface area (Å²) in [6.07, 6.45) is 2.69. The number of piperazine rings is 1. The second-order valence-corrected chi connectivity index (χ2v) is 7.15. The number of anilines is 1. The summed E-state index contributed by atoms with van der Waals surface area (Å²) in [7, 11) is 4.07. The molecule has 3 rings (SSSR count). The topological polar surface area (TPSA) is 60.5 Å². The van der Waals surface area contributed by atoms with E-state index in [1.165, 1.54) is 5.56 Å². The number of rotatable bonds is 7. The molecule has 1 aliphatic heterocycles. The number of benzene rings is 1. The van der Waals surface area contributed by atoms with Crippen LogP contribution in [-0.4, -0.2) is 62.6 Å². The van der Waals surface area contributed by atoms with Gasteiger partial charge in [0, 0.05) is 38.4 Å². The van der Waals surface area contributed by atoms with E-state index < -0.39 is 0 Å². The summed E-state index contributed by atoms with van der Waals surface area (Å²) in [6.45, 7) is 4.11. The van der Waals surface area contributed by atoms with Gasteiger partial charge in [-0.15, -0.1) is 0 Å². The number of aromatic nitrogens is 1. The van der Waals surface area contributed by atoms with E-state index in [1.54, 1.807) is 6.20 Å². The van der Waals surface area contributed by atoms with Gasteiger partial charge in [-0.05, 0) is 44.8 Å². The number of carbonyl (C=O) groups is 1. The fourth-order valence-electron chi connectivity index (χ4n) is 3.37. The number of hydrogen-bond acceptors (Lipinski definition) is 5. The molecule has 2 heterocycles. The Labute approximate surface area is 161 Å². The van der Waals surface area contributed by atoms with Crippen molar-refractivity contribution >= 4 is 11.7 Å². The minimum Gasteiger partial charge on any atom is -0.353 e. The van der Waals surface area contributed by atoms with E-state index in [0.29, 0.717) is 12.1 Å². The minimum absolute atomic E-state index is 0.0494. The maximum Gasteiger partial charge on any atom is 0.255 e. The van der Waals surface area contributed by atoms with Crippen molar-refractivity contribution in [1.29, 1.82) is 0 Å². The summed E-state index contributed by atoms with van der Waals surface area (Å²) < 4.78 is 0. The molecule has 1 aromatic carbocycles. The molecule has 2 N–H and O–H groups in total. The smallest absolute Gasteiger partial charge is 0.255 e. The zero-order valence-electron chi connectivity index (χ0n) is 16.2. The standard InChI is InChI=1S/C21H29N5O/c1-25(2)14-7-12-24-21(27)18-10-6-11-23-20(18)26-15-13-22-19(16-26)17-8-4-3-5-9-17/h3-6,8-11,19,22H,7,12-16H2,1-2H3,(H,24,27). The molecular formula is C21H29N5O. The lowest BCUT2D eigenvalue weighted by atomic mass is 10.0. The number of pyridine rings is 1. The average molecular weight is 367 g/mol. The Bertz CT molecular complexity index is 734. The molecule has 1 saturated heterocycles. The lowest BCUT2D eigenvalue weighted by molar-refractivity contribution is 0.0952. The first-order chi connectivity index (χ1) is 13.1. The van der Waals surface area contributed by atoms with Crippen LogP contribution in [0, 0.1) is 0 Å². The van der Waals surface area contributed by atoms with E-state index in [2.05, 4.69) is 49.7 Å². The fourth-order valence-corrected chi connectivity index (χ4v) is 3.37. The summed E-state index contributed by atoms with van der Waals surface area (Å²) in [5.74, 6) is 0.719. The molecule has 27 heavy (non-hydrogen) atoms. The van der Waals surface area contributed by atoms with E-state index >= 15 is 0 Å². The molecular weight excluding hydrogens is 338 g/mol. The van der Waals surface area contributed by atoms with Crippen molar-refractivity contribution in [3.8, 4) is 0 Å². The first-order valence-corrected chi connectivity index (χ1v) is 9.56. The molecule has 2 aromatic rings. The summed E-state index contributed by atoms with van der Waals surface area (Å²) in [5.41, 5.74) is 1.91. The first kappa shape index (κ1) is 19.3. The van der Waals surface area contributed by atoms with Crippen LogP contribution in [0.5, 0.6) is 0 Å². The zero-order valence-corrected chi connectivity index (χ0v) is 16.2. The van der Waals surface area contributed by atoms with E-state index in [1.807, 2.05) is 32.3 Å². The van der Waals surface area contributed by atoms with Crippen LogP contribution >= 0.6 is 0 Å². The number of amides is 1. The van der Waals surface area contributed by atoms with Gasteiger partial charge in [-0.1, -0.05) is 30.3 Å². The molecule has 1 amide bonds. The monoisotopic (exact) mass is 367 g/mol. The number of hydrogen-bond donors (Lipinski definition) is 2. The summed E-state index contributed by atoms with van der Waals surface area (Å²) >= 11 is 0. The van der Waals surface area contributed by atoms with Crippen LogP contribution in [0.4, 0.5) is 5.82 Å². The molecule has 1 aromatic heterocycles. The van der Waals surface area contributed by atoms with E-state index in [0.717, 1.165) is 38.4 Å². The molecule has 144 valence electrons. The first-order valence-electron chi connectivity index (χ1n) is 9.56. The predicted molar refractivity (Wildman–Crippen MR) is 109 cm³/mol. The molecule has 1 fully saturated rings. The van der Waals surface area contributed by atoms with Crippen LogP contribution < -0.4 is 15.5 Å². The fraction of sp³-hybridized carbons (Fsp3) is 0.429. The Hall–Kier alpha value is -2.44. The van der Waals surface area contributed by atoms with Crippen molar-refractivity contribution < 1.29 is 4.79 Å². The Morgan fingerprint density at radius 2 is 2.07 bits per heavy atom. The molecule has 0 saturated carbocycles. The van der Waals surface area contributed by atoms with E-state index in [9.17, 15) is 4.79 Å². The average Bonchev–Trinajstić information content (AvgIpc) is 2.71. The van der Waals surface area contributed by atoms with E-state index in [4.69, 9.17) is 0 Å². The Kier molecular flexibility index (Phi) is 6.79. The Morgan fingerprint density at radius 1 is 1.26 bits per heavy atom. The van der Waals surface area contributed by atoms with E-state index in [-0.39, 0.29) is 11.9 Å². The third kappa shape index (κ3) is 5.28. The lowest BCUT2D eigenvalue weighted by Crippen LogP contribution is -2.47. The molecule has 0 aliphatic carbocycles. The summed E-state index contributed by atoms with van der Waals surface area (Å²) in [5, 5.41) is 6.59. The van der Waals surface area contributed by atoms with Crippen LogP contribution in [0.15, 0.2) is 48.7 Å². The molecule has 1 unspecified atom stereocenters. The van der Waals surface area contributed by atoms with Gasteiger partial charge in [-0.3, -0.25) is 4.79 Å². The number of nitrogens with zero attached hydrogens (tertiary/aromatic N) is 3. The van der Waals surface area contributed by atoms with Gasteiger partial charge < -0.3 is 20.4 Å². The Morgan fingerprint density at radius 3 is 2.85 bits per heavy atom. The molecule has 6 nitrogen and oxygen atoms in total. The van der Waals surface area contributed by atoms with Crippen LogP contribution in [0.1, 0.15) is 28.4 Å². The van der Waals surface area contributed by atoms with Gasteiger partial charge in [0.2, 0.25) is 0 Å². The van der Waals surface area contributed by atoms with Gasteiger partial charge in [0.15, 0.2) is 0 Å². The van der Waals surface area contributed by atoms with Crippen molar-refractivity contribution in [3.63, 3.8) is 0 Å². The van der Waals surface area contributed by atoms with Crippen molar-refractivity contribution in [2.75, 3.05) is 51.7 Å². The second-order valence-electron chi connectivity index (χ2n) is 7.15. The summed E-state index contributed by atoms with van der Waals surface area (Å²) in [6, 6.07) is 14.3. The van der Waals surface area contributed by atoms with Gasteiger partial charge in [-0.2, -0.15) is 0 Å². The highest BCUT2D eigenvalue weighted by molar-refractivity contribution is 5.98. The molecule has 1 aliphatic rings. The zero-order chi connectivity index (χ0) is 19.1. The van der Waals surface area contributed by atoms with Crippen molar-refractivity contribution in [2.24, 2.45) is 0 Å². The SMILES string of the molecule is CN(C)CCCNC(=O)c1cccnc1N1CCNC(c2ccccc2)C1. The largest absolute Gasteiger partial charge is 0.353 e. The highest BCUT2D eigenvalue weighted by Gasteiger charge is 2.24. The van der Waals surface area contributed by atoms with Gasteiger partial charge in [0.05, 0.1) is 5.56 Å². The van der Waals surface area contributed by atoms with Crippen LogP contribution in [-0.2, 0) is 0 Å². The van der Waals surface area contributed by atoms with Crippen LogP contribution in [0.25, 0.3) is 0 Å². The normalized spacial score (nSPS) is 17.1. The minimum atomic E-state index is -0.0494. The number of nitrogens with one attached hydrogen (secondary N) is 2. The van der Waals surface area contributed by atoms with Crippen molar-refractivity contribution in [3.05, 3.63) is 59.8 Å². The molecule has 6 heteroatoms. The third-order valence-corrected chi connectivity index (χ3v) is 4.78. The highest BCUT2D eigenvalue weighted by Crippen LogP contribution is 2.23. The lowest BCUT2D eigenvalue weighted by Gasteiger charge is -2.35. The van der Waals surface area contributed by atoms with Gasteiger partial charge in [0.1, 0.15) is 5.82 Å². The van der Waals surface area contributed by atoms with Crippen molar-refractivity contribution in [1.82, 2.24) is 20.5 Å². The highest BCUT2D eigenvalue weighted by atomic mass is 16.1. The second kappa shape index (κ2) is 9.48. The third-order valence-electron chi connectivity index (χ3n) is 4.78. The summed E-state index contributed by atoms with van der Waals surface area (Å²) in [4.78, 5) is 21.6. The molecule has 0 spiro atoms. The van der Waals surface area contributed by atoms with Gasteiger partial charge in [0.25, 0.3) is 5.91 Å². The molecule has 0 bridgehead atoms. The van der Waals surface area contributed by atoms with Crippen LogP contribution in [0.3, 0.4) is 0 Å². The van der Waals surface area contributed by atoms with Crippen LogP contribution in [0.2, 0.25) is 0 Å². The molecule has 1 atom stereocenters. The number of carbonyl (C=O) groups excluding carboxylic acids is 1. The van der Waals surface area contributed by atoms with Gasteiger partial charge in [-0.25, -0.2) is 4.98 Å². The quantitative estimate of drug-likeness (QED) is 0.732. The molecule has 0 radical (unpaired) electrons. The van der Waals surface area contributed by atoms with Crippen molar-refractivity contribution in [2.45, 2.75) is 12.5 Å². The predicted octanol–water partition coefficient (Wildman–Crippen LogP) is 1.91. The Balaban J connectivity index is 1.68.